The molecule has 70 valence electrons. The highest BCUT2D eigenvalue weighted by atomic mass is 35.5. The second-order valence-electron chi connectivity index (χ2n) is 2.15. The first kappa shape index (κ1) is 10.7. The van der Waals surface area contributed by atoms with E-state index in [1.54, 1.807) is 0 Å². The van der Waals surface area contributed by atoms with Gasteiger partial charge in [-0.25, -0.2) is 8.78 Å². The van der Waals surface area contributed by atoms with Gasteiger partial charge in [0.2, 0.25) is 0 Å². The van der Waals surface area contributed by atoms with Crippen LogP contribution in [0.2, 0.25) is 5.02 Å². The van der Waals surface area contributed by atoms with Crippen LogP contribution in [0.1, 0.15) is 0 Å². The van der Waals surface area contributed by atoms with Crippen LogP contribution in [-0.4, -0.2) is 4.32 Å². The Morgan fingerprint density at radius 3 is 2.62 bits per heavy atom. The molecule has 0 heterocycles. The fourth-order valence-corrected chi connectivity index (χ4v) is 1.17. The maximum absolute atomic E-state index is 12.8. The van der Waals surface area contributed by atoms with E-state index in [0.717, 1.165) is 6.07 Å². The van der Waals surface area contributed by atoms with Crippen molar-refractivity contribution < 1.29 is 8.78 Å². The minimum absolute atomic E-state index is 0.132. The van der Waals surface area contributed by atoms with Gasteiger partial charge in [-0.1, -0.05) is 23.8 Å². The summed E-state index contributed by atoms with van der Waals surface area (Å²) in [4.78, 5) is 0. The molecule has 0 radical (unpaired) electrons. The summed E-state index contributed by atoms with van der Waals surface area (Å²) in [6, 6.07) is 2.23. The molecule has 0 saturated heterocycles. The lowest BCUT2D eigenvalue weighted by molar-refractivity contribution is 0.509. The Bertz CT molecular complexity index is 357. The maximum atomic E-state index is 12.8. The van der Waals surface area contributed by atoms with Crippen molar-refractivity contribution in [3.63, 3.8) is 0 Å². The largest absolute Gasteiger partial charge is 0.340 e. The molecule has 0 aromatic heterocycles. The molecular weight excluding hydrogens is 236 g/mol. The Balaban J connectivity index is 3.10. The van der Waals surface area contributed by atoms with Crippen LogP contribution in [0.3, 0.4) is 0 Å². The molecule has 0 atom stereocenters. The zero-order valence-corrected chi connectivity index (χ0v) is 8.61. The number of thiol groups is 1. The molecule has 0 amide bonds. The summed E-state index contributed by atoms with van der Waals surface area (Å²) in [5, 5.41) is 2.16. The topological polar surface area (TPSA) is 12.0 Å². The highest BCUT2D eigenvalue weighted by molar-refractivity contribution is 8.11. The summed E-state index contributed by atoms with van der Waals surface area (Å²) in [5.74, 6) is -2.10. The third kappa shape index (κ3) is 2.52. The molecule has 0 bridgehead atoms. The van der Waals surface area contributed by atoms with Crippen LogP contribution >= 0.6 is 36.4 Å². The molecule has 1 N–H and O–H groups in total. The number of rotatable bonds is 1. The molecule has 1 aromatic rings. The summed E-state index contributed by atoms with van der Waals surface area (Å²) < 4.78 is 25.5. The maximum Gasteiger partial charge on any atom is 0.179 e. The van der Waals surface area contributed by atoms with E-state index in [-0.39, 0.29) is 15.0 Å². The molecule has 0 aliphatic carbocycles. The van der Waals surface area contributed by atoms with Crippen LogP contribution in [-0.2, 0) is 0 Å². The highest BCUT2D eigenvalue weighted by Crippen LogP contribution is 2.26. The van der Waals surface area contributed by atoms with Gasteiger partial charge in [0.05, 0.1) is 5.69 Å². The van der Waals surface area contributed by atoms with Crippen LogP contribution in [0.4, 0.5) is 14.5 Å². The van der Waals surface area contributed by atoms with Crippen LogP contribution < -0.4 is 5.32 Å². The predicted molar refractivity (Wildman–Crippen MR) is 56.6 cm³/mol. The zero-order chi connectivity index (χ0) is 10.0. The molecule has 1 rings (SSSR count). The van der Waals surface area contributed by atoms with Crippen LogP contribution in [0.15, 0.2) is 12.1 Å². The lowest BCUT2D eigenvalue weighted by Gasteiger charge is -2.06. The Morgan fingerprint density at radius 2 is 2.08 bits per heavy atom. The van der Waals surface area contributed by atoms with E-state index in [0.29, 0.717) is 0 Å². The first-order valence-corrected chi connectivity index (χ1v) is 4.39. The van der Waals surface area contributed by atoms with E-state index >= 15 is 0 Å². The summed E-state index contributed by atoms with van der Waals surface area (Å²) in [7, 11) is 0. The van der Waals surface area contributed by atoms with Crippen molar-refractivity contribution in [2.75, 3.05) is 5.32 Å². The SMILES string of the molecule is Fc1ccc(NC(=S)S)c(Cl)c1F. The number of halogens is 3. The van der Waals surface area contributed by atoms with E-state index < -0.39 is 11.6 Å². The van der Waals surface area contributed by atoms with Crippen LogP contribution in [0.5, 0.6) is 0 Å². The van der Waals surface area contributed by atoms with Gasteiger partial charge in [0, 0.05) is 0 Å². The number of thiocarbonyl (C=S) groups is 1. The van der Waals surface area contributed by atoms with E-state index in [1.165, 1.54) is 6.07 Å². The van der Waals surface area contributed by atoms with Crippen molar-refractivity contribution in [3.8, 4) is 0 Å². The summed E-state index contributed by atoms with van der Waals surface area (Å²) in [6.07, 6.45) is 0. The van der Waals surface area contributed by atoms with Gasteiger partial charge in [0.15, 0.2) is 11.6 Å². The van der Waals surface area contributed by atoms with Gasteiger partial charge in [0.25, 0.3) is 0 Å². The highest BCUT2D eigenvalue weighted by Gasteiger charge is 2.11. The van der Waals surface area contributed by atoms with E-state index in [1.807, 2.05) is 0 Å². The first-order valence-electron chi connectivity index (χ1n) is 3.16. The Hall–Kier alpha value is -0.390. The van der Waals surface area contributed by atoms with Gasteiger partial charge in [-0.05, 0) is 12.1 Å². The van der Waals surface area contributed by atoms with Gasteiger partial charge in [0.1, 0.15) is 9.34 Å². The molecule has 1 aromatic carbocycles. The summed E-state index contributed by atoms with van der Waals surface area (Å²) in [5.41, 5.74) is 0.195. The Kier molecular flexibility index (Phi) is 3.47. The smallest absolute Gasteiger partial charge is 0.179 e. The van der Waals surface area contributed by atoms with Gasteiger partial charge in [-0.2, -0.15) is 0 Å². The van der Waals surface area contributed by atoms with E-state index in [9.17, 15) is 8.78 Å². The minimum Gasteiger partial charge on any atom is -0.340 e. The molecule has 0 fully saturated rings. The molecule has 0 spiro atoms. The predicted octanol–water partition coefficient (Wildman–Crippen LogP) is 3.24. The number of hydrogen-bond donors (Lipinski definition) is 2. The first-order chi connectivity index (χ1) is 6.02. The monoisotopic (exact) mass is 239 g/mol. The molecular formula is C7H4ClF2NS2. The van der Waals surface area contributed by atoms with Crippen LogP contribution in [0.25, 0.3) is 0 Å². The normalized spacial score (nSPS) is 9.85. The standard InChI is InChI=1S/C7H4ClF2NS2/c8-5-4(11-7(12)13)2-1-3(9)6(5)10/h1-2H,(H2,11,12,13). The summed E-state index contributed by atoms with van der Waals surface area (Å²) >= 11 is 13.8. The van der Waals surface area contributed by atoms with Gasteiger partial charge in [-0.15, -0.1) is 12.6 Å². The third-order valence-electron chi connectivity index (χ3n) is 1.28. The van der Waals surface area contributed by atoms with Gasteiger partial charge >= 0.3 is 0 Å². The number of benzene rings is 1. The molecule has 0 unspecified atom stereocenters. The van der Waals surface area contributed by atoms with Crippen molar-refractivity contribution in [1.29, 1.82) is 0 Å². The second-order valence-corrected chi connectivity index (χ2v) is 3.69. The third-order valence-corrected chi connectivity index (χ3v) is 1.86. The molecule has 1 nitrogen and oxygen atoms in total. The van der Waals surface area contributed by atoms with Gasteiger partial charge in [-0.3, -0.25) is 0 Å². The number of hydrogen-bond acceptors (Lipinski definition) is 1. The minimum atomic E-state index is -1.10. The Labute approximate surface area is 89.5 Å². The van der Waals surface area contributed by atoms with Crippen LogP contribution in [0, 0.1) is 11.6 Å². The van der Waals surface area contributed by atoms with Crippen molar-refractivity contribution in [2.45, 2.75) is 0 Å². The van der Waals surface area contributed by atoms with Gasteiger partial charge < -0.3 is 5.32 Å². The second kappa shape index (κ2) is 4.21. The van der Waals surface area contributed by atoms with E-state index in [2.05, 4.69) is 30.2 Å². The molecule has 0 aliphatic heterocycles. The molecule has 6 heteroatoms. The average Bonchev–Trinajstić information content (AvgIpc) is 2.06. The fraction of sp³-hybridized carbons (Fsp3) is 0. The fourth-order valence-electron chi connectivity index (χ4n) is 0.738. The van der Waals surface area contributed by atoms with Crippen molar-refractivity contribution in [2.24, 2.45) is 0 Å². The van der Waals surface area contributed by atoms with E-state index in [4.69, 9.17) is 11.6 Å². The van der Waals surface area contributed by atoms with Crippen molar-refractivity contribution >= 4 is 46.5 Å². The van der Waals surface area contributed by atoms with Crippen molar-refractivity contribution in [3.05, 3.63) is 28.8 Å². The number of anilines is 1. The lowest BCUT2D eigenvalue weighted by Crippen LogP contribution is -2.02. The zero-order valence-electron chi connectivity index (χ0n) is 6.14. The quantitative estimate of drug-likeness (QED) is 0.443. The lowest BCUT2D eigenvalue weighted by atomic mass is 10.3. The number of nitrogens with one attached hydrogen (secondary N) is 1. The molecule has 0 saturated carbocycles. The summed E-state index contributed by atoms with van der Waals surface area (Å²) in [6.45, 7) is 0. The molecule has 13 heavy (non-hydrogen) atoms. The molecule has 0 aliphatic rings. The van der Waals surface area contributed by atoms with Crippen molar-refractivity contribution in [1.82, 2.24) is 0 Å². The average molecular weight is 240 g/mol. The Morgan fingerprint density at radius 1 is 1.46 bits per heavy atom.